The molecule has 17 nitrogen and oxygen atoms in total. The summed E-state index contributed by atoms with van der Waals surface area (Å²) in [6.07, 6.45) is 4.38. The number of carbonyl (C=O) groups excluding carboxylic acids is 2. The van der Waals surface area contributed by atoms with Crippen molar-refractivity contribution in [1.82, 2.24) is 0 Å². The summed E-state index contributed by atoms with van der Waals surface area (Å²) >= 11 is 0. The highest BCUT2D eigenvalue weighted by Crippen LogP contribution is 2.36. The van der Waals surface area contributed by atoms with Crippen LogP contribution in [0.2, 0.25) is 0 Å². The molecule has 3 aromatic carbocycles. The number of rotatable bonds is 10. The fourth-order valence-electron chi connectivity index (χ4n) is 4.85. The van der Waals surface area contributed by atoms with Crippen molar-refractivity contribution in [3.63, 3.8) is 0 Å². The third-order valence-corrected chi connectivity index (χ3v) is 8.93. The molecule has 258 valence electrons. The number of fused-ring (bicyclic) bond motifs is 1. The van der Waals surface area contributed by atoms with Crippen LogP contribution in [0.3, 0.4) is 0 Å². The van der Waals surface area contributed by atoms with E-state index in [-0.39, 0.29) is 28.3 Å². The molecular weight excluding hydrogens is 698 g/mol. The van der Waals surface area contributed by atoms with Crippen LogP contribution in [-0.4, -0.2) is 74.2 Å². The summed E-state index contributed by atoms with van der Waals surface area (Å²) in [5, 5.41) is 17.2. The fraction of sp³-hybridized carbons (Fsp3) is 0.0645. The van der Waals surface area contributed by atoms with Gasteiger partial charge in [0.2, 0.25) is 5.78 Å². The van der Waals surface area contributed by atoms with Gasteiger partial charge in [-0.3, -0.25) is 29.5 Å². The average Bonchev–Trinajstić information content (AvgIpc) is 3.06. The monoisotopic (exact) mass is 723 g/mol. The molecule has 0 saturated carbocycles. The van der Waals surface area contributed by atoms with E-state index in [2.05, 4.69) is 21.1 Å². The zero-order valence-corrected chi connectivity index (χ0v) is 27.4. The van der Waals surface area contributed by atoms with Crippen molar-refractivity contribution in [3.05, 3.63) is 88.4 Å². The van der Waals surface area contributed by atoms with Crippen molar-refractivity contribution >= 4 is 72.3 Å². The average molecular weight is 724 g/mol. The first-order chi connectivity index (χ1) is 23.5. The van der Waals surface area contributed by atoms with Gasteiger partial charge in [0.15, 0.2) is 11.5 Å². The first-order valence-electron chi connectivity index (χ1n) is 13.9. The highest BCUT2D eigenvalue weighted by Gasteiger charge is 2.35. The zero-order chi connectivity index (χ0) is 36.5. The molecule has 3 aromatic rings. The normalized spacial score (nSPS) is 16.1. The number of nitrogen functional groups attached to an aromatic ring is 1. The molecule has 0 aliphatic heterocycles. The second-order valence-electron chi connectivity index (χ2n) is 10.4. The number of nitrogens with one attached hydrogen (secondary N) is 2. The van der Waals surface area contributed by atoms with Crippen molar-refractivity contribution in [2.75, 3.05) is 30.8 Å². The third kappa shape index (κ3) is 7.15. The summed E-state index contributed by atoms with van der Waals surface area (Å²) in [5.41, 5.74) is 11.1. The predicted octanol–water partition coefficient (Wildman–Crippen LogP) is 3.01. The number of aliphatic carboxylic acids is 1. The SMILES string of the molecule is COc1cc(-c2ccc(NN=C3C(=O)c4c(N)cc(S(=O)(=O)O)cc4C=C3S(=O)(=O)O)c(OC)c2)ccc1NN=C1C=CC(=O)C(C(=O)O)=C1. The maximum Gasteiger partial charge on any atom is 0.339 e. The Labute approximate surface area is 283 Å². The van der Waals surface area contributed by atoms with E-state index in [9.17, 15) is 45.4 Å². The lowest BCUT2D eigenvalue weighted by atomic mass is 9.93. The van der Waals surface area contributed by atoms with Gasteiger partial charge in [0.1, 0.15) is 22.0 Å². The minimum Gasteiger partial charge on any atom is -0.494 e. The number of nitrogens with two attached hydrogens (primary N) is 1. The number of anilines is 3. The Bertz CT molecular complexity index is 2380. The number of hydrogen-bond donors (Lipinski definition) is 6. The summed E-state index contributed by atoms with van der Waals surface area (Å²) in [4.78, 5) is 34.7. The van der Waals surface area contributed by atoms with E-state index < -0.39 is 64.5 Å². The molecule has 19 heteroatoms. The van der Waals surface area contributed by atoms with Gasteiger partial charge in [-0.05, 0) is 77.4 Å². The number of nitrogens with zero attached hydrogens (tertiary/aromatic N) is 2. The predicted molar refractivity (Wildman–Crippen MR) is 181 cm³/mol. The molecule has 0 saturated heterocycles. The Morgan fingerprint density at radius 1 is 0.800 bits per heavy atom. The number of carboxylic acids is 1. The molecule has 50 heavy (non-hydrogen) atoms. The van der Waals surface area contributed by atoms with E-state index in [1.165, 1.54) is 26.4 Å². The van der Waals surface area contributed by atoms with Crippen LogP contribution in [0.5, 0.6) is 11.5 Å². The van der Waals surface area contributed by atoms with Crippen molar-refractivity contribution in [1.29, 1.82) is 0 Å². The number of hydrogen-bond acceptors (Lipinski definition) is 14. The van der Waals surface area contributed by atoms with E-state index in [1.54, 1.807) is 30.3 Å². The minimum absolute atomic E-state index is 0.167. The first-order valence-corrected chi connectivity index (χ1v) is 16.8. The van der Waals surface area contributed by atoms with Gasteiger partial charge in [-0.25, -0.2) is 4.79 Å². The smallest absolute Gasteiger partial charge is 0.339 e. The number of ketones is 2. The number of allylic oxidation sites excluding steroid dienone is 4. The number of ether oxygens (including phenoxy) is 2. The van der Waals surface area contributed by atoms with E-state index in [4.69, 9.17) is 15.2 Å². The van der Waals surface area contributed by atoms with Gasteiger partial charge >= 0.3 is 5.97 Å². The van der Waals surface area contributed by atoms with Crippen LogP contribution in [0.25, 0.3) is 17.2 Å². The molecule has 7 N–H and O–H groups in total. The Kier molecular flexibility index (Phi) is 9.42. The van der Waals surface area contributed by atoms with Gasteiger partial charge in [0.05, 0.1) is 41.8 Å². The lowest BCUT2D eigenvalue weighted by Gasteiger charge is -2.19. The molecule has 0 fully saturated rings. The van der Waals surface area contributed by atoms with Crippen molar-refractivity contribution in [2.45, 2.75) is 4.90 Å². The largest absolute Gasteiger partial charge is 0.494 e. The highest BCUT2D eigenvalue weighted by atomic mass is 32.2. The van der Waals surface area contributed by atoms with Crippen LogP contribution in [0.1, 0.15) is 15.9 Å². The second kappa shape index (κ2) is 13.4. The minimum atomic E-state index is -5.09. The number of benzene rings is 3. The summed E-state index contributed by atoms with van der Waals surface area (Å²) in [7, 11) is -7.09. The Hall–Kier alpha value is -6.15. The molecule has 0 heterocycles. The van der Waals surface area contributed by atoms with E-state index in [0.717, 1.165) is 30.4 Å². The van der Waals surface area contributed by atoms with E-state index >= 15 is 0 Å². The summed E-state index contributed by atoms with van der Waals surface area (Å²) < 4.78 is 78.0. The van der Waals surface area contributed by atoms with Crippen LogP contribution in [-0.2, 0) is 29.8 Å². The van der Waals surface area contributed by atoms with Gasteiger partial charge < -0.3 is 20.3 Å². The maximum absolute atomic E-state index is 13.4. The molecule has 2 aliphatic rings. The van der Waals surface area contributed by atoms with Crippen LogP contribution in [0.4, 0.5) is 17.1 Å². The molecule has 0 spiro atoms. The van der Waals surface area contributed by atoms with Crippen molar-refractivity contribution in [2.24, 2.45) is 10.2 Å². The van der Waals surface area contributed by atoms with E-state index in [1.807, 2.05) is 0 Å². The number of carbonyl (C=O) groups is 3. The Morgan fingerprint density at radius 3 is 1.90 bits per heavy atom. The highest BCUT2D eigenvalue weighted by molar-refractivity contribution is 7.91. The van der Waals surface area contributed by atoms with Crippen molar-refractivity contribution < 1.29 is 54.9 Å². The Morgan fingerprint density at radius 2 is 1.38 bits per heavy atom. The molecule has 0 amide bonds. The lowest BCUT2D eigenvalue weighted by Crippen LogP contribution is -2.28. The fourth-order valence-corrected chi connectivity index (χ4v) is 6.06. The second-order valence-corrected chi connectivity index (χ2v) is 13.2. The van der Waals surface area contributed by atoms with Crippen LogP contribution >= 0.6 is 0 Å². The summed E-state index contributed by atoms with van der Waals surface area (Å²) in [6, 6.07) is 11.4. The molecule has 0 aromatic heterocycles. The molecule has 0 bridgehead atoms. The number of Topliss-reactive ketones (excluding diaryl/α,β-unsaturated/α-hetero) is 1. The third-order valence-electron chi connectivity index (χ3n) is 7.23. The molecule has 0 radical (unpaired) electrons. The molecule has 0 unspecified atom stereocenters. The van der Waals surface area contributed by atoms with Crippen LogP contribution in [0.15, 0.2) is 92.3 Å². The van der Waals surface area contributed by atoms with Crippen LogP contribution < -0.4 is 26.1 Å². The number of methoxy groups -OCH3 is 2. The Balaban J connectivity index is 1.44. The van der Waals surface area contributed by atoms with Crippen LogP contribution in [0, 0.1) is 0 Å². The maximum atomic E-state index is 13.4. The summed E-state index contributed by atoms with van der Waals surface area (Å²) in [5.74, 6) is -2.55. The lowest BCUT2D eigenvalue weighted by molar-refractivity contribution is -0.134. The first kappa shape index (κ1) is 35.2. The van der Waals surface area contributed by atoms with Crippen molar-refractivity contribution in [3.8, 4) is 22.6 Å². The molecule has 2 aliphatic carbocycles. The zero-order valence-electron chi connectivity index (χ0n) is 25.7. The standard InChI is InChI=1S/C31H25N5O12S2/c1-47-25-10-15(3-6-22(25)34-33-18-5-8-24(37)20(13-18)31(39)40)16-4-7-23(26(11-16)48-2)35-36-29-27(50(44,45)46)12-17-9-19(49(41,42)43)14-21(32)28(17)30(29)38/h3-14,34-35H,32H2,1-2H3,(H,39,40)(H,41,42,43)(H,44,45,46). The van der Waals surface area contributed by atoms with Gasteiger partial charge in [0.25, 0.3) is 20.2 Å². The molecule has 5 rings (SSSR count). The number of hydrazone groups is 2. The number of carboxylic acid groups (broad SMARTS) is 1. The van der Waals surface area contributed by atoms with Gasteiger partial charge in [-0.2, -0.15) is 27.0 Å². The van der Waals surface area contributed by atoms with Gasteiger partial charge in [0, 0.05) is 5.69 Å². The van der Waals surface area contributed by atoms with Gasteiger partial charge in [-0.1, -0.05) is 12.1 Å². The quantitative estimate of drug-likeness (QED) is 0.0577. The summed E-state index contributed by atoms with van der Waals surface area (Å²) in [6.45, 7) is 0. The molecular formula is C31H25N5O12S2. The van der Waals surface area contributed by atoms with Gasteiger partial charge in [-0.15, -0.1) is 0 Å². The topological polar surface area (TPSA) is 273 Å². The molecule has 0 atom stereocenters. The van der Waals surface area contributed by atoms with E-state index in [0.29, 0.717) is 22.6 Å².